The summed E-state index contributed by atoms with van der Waals surface area (Å²) in [5.74, 6) is 0. The van der Waals surface area contributed by atoms with Crippen LogP contribution in [0.2, 0.25) is 0 Å². The van der Waals surface area contributed by atoms with Crippen molar-refractivity contribution in [2.75, 3.05) is 0 Å². The third kappa shape index (κ3) is 2.58. The Kier molecular flexibility index (Phi) is 3.66. The summed E-state index contributed by atoms with van der Waals surface area (Å²) in [6.45, 7) is 0. The lowest BCUT2D eigenvalue weighted by molar-refractivity contribution is 0.0593. The van der Waals surface area contributed by atoms with Crippen LogP contribution in [0.25, 0.3) is 0 Å². The van der Waals surface area contributed by atoms with Gasteiger partial charge in [-0.2, -0.15) is 5.26 Å². The van der Waals surface area contributed by atoms with Crippen LogP contribution < -0.4 is 0 Å². The second kappa shape index (κ2) is 5.14. The Morgan fingerprint density at radius 3 is 2.42 bits per heavy atom. The summed E-state index contributed by atoms with van der Waals surface area (Å²) in [6.07, 6.45) is 8.96. The smallest absolute Gasteiger partial charge is 0.108 e. The van der Waals surface area contributed by atoms with Gasteiger partial charge in [0.1, 0.15) is 4.75 Å². The standard InChI is InChI=1S/C16H18BrNS/c17-13-6-2-3-7-14(13)19-16(12-18)10-15(11-16)8-4-1-5-9-15/h2-3,6-7H,1,4-5,8-11H2. The predicted molar refractivity (Wildman–Crippen MR) is 83.1 cm³/mol. The first-order valence-corrected chi connectivity index (χ1v) is 8.63. The van der Waals surface area contributed by atoms with Crippen molar-refractivity contribution in [2.45, 2.75) is 54.6 Å². The summed E-state index contributed by atoms with van der Waals surface area (Å²) < 4.78 is 0.931. The maximum atomic E-state index is 9.62. The summed E-state index contributed by atoms with van der Waals surface area (Å²) in [5, 5.41) is 9.62. The van der Waals surface area contributed by atoms with E-state index < -0.39 is 0 Å². The zero-order valence-electron chi connectivity index (χ0n) is 11.0. The zero-order chi connectivity index (χ0) is 13.3. The van der Waals surface area contributed by atoms with Gasteiger partial charge in [0, 0.05) is 9.37 Å². The molecule has 0 heterocycles. The molecule has 0 N–H and O–H groups in total. The van der Waals surface area contributed by atoms with Crippen molar-refractivity contribution in [3.8, 4) is 6.07 Å². The minimum absolute atomic E-state index is 0.179. The number of nitrogens with zero attached hydrogens (tertiary/aromatic N) is 1. The minimum Gasteiger partial charge on any atom is -0.197 e. The first-order chi connectivity index (χ1) is 9.17. The Hall–Kier alpha value is -0.460. The Balaban J connectivity index is 1.73. The fraction of sp³-hybridized carbons (Fsp3) is 0.562. The summed E-state index contributed by atoms with van der Waals surface area (Å²) >= 11 is 5.35. The van der Waals surface area contributed by atoms with Gasteiger partial charge < -0.3 is 0 Å². The molecule has 1 spiro atoms. The van der Waals surface area contributed by atoms with Gasteiger partial charge in [-0.15, -0.1) is 11.8 Å². The minimum atomic E-state index is -0.179. The van der Waals surface area contributed by atoms with Crippen LogP contribution in [0.3, 0.4) is 0 Å². The highest BCUT2D eigenvalue weighted by atomic mass is 79.9. The molecule has 3 heteroatoms. The molecule has 2 aliphatic carbocycles. The van der Waals surface area contributed by atoms with Gasteiger partial charge in [0.25, 0.3) is 0 Å². The molecule has 0 aliphatic heterocycles. The monoisotopic (exact) mass is 335 g/mol. The second-order valence-corrected chi connectivity index (χ2v) is 8.33. The Morgan fingerprint density at radius 1 is 1.11 bits per heavy atom. The number of halogens is 1. The average molecular weight is 336 g/mol. The van der Waals surface area contributed by atoms with Gasteiger partial charge in [-0.05, 0) is 59.2 Å². The average Bonchev–Trinajstić information content (AvgIpc) is 2.40. The third-order valence-corrected chi connectivity index (χ3v) is 6.88. The van der Waals surface area contributed by atoms with Crippen molar-refractivity contribution < 1.29 is 0 Å². The molecule has 19 heavy (non-hydrogen) atoms. The topological polar surface area (TPSA) is 23.8 Å². The molecule has 100 valence electrons. The van der Waals surface area contributed by atoms with Gasteiger partial charge in [0.2, 0.25) is 0 Å². The van der Waals surface area contributed by atoms with Crippen LogP contribution in [0.5, 0.6) is 0 Å². The molecule has 2 aliphatic rings. The quantitative estimate of drug-likeness (QED) is 0.707. The fourth-order valence-corrected chi connectivity index (χ4v) is 5.79. The molecule has 0 unspecified atom stereocenters. The molecule has 1 aromatic rings. The Morgan fingerprint density at radius 2 is 1.79 bits per heavy atom. The largest absolute Gasteiger partial charge is 0.197 e. The molecule has 1 nitrogen and oxygen atoms in total. The van der Waals surface area contributed by atoms with Crippen molar-refractivity contribution in [2.24, 2.45) is 5.41 Å². The zero-order valence-corrected chi connectivity index (χ0v) is 13.4. The summed E-state index contributed by atoms with van der Waals surface area (Å²) in [6, 6.07) is 10.8. The molecule has 2 saturated carbocycles. The SMILES string of the molecule is N#CC1(Sc2ccccc2Br)CC2(CCCCC2)C1. The molecule has 0 saturated heterocycles. The van der Waals surface area contributed by atoms with E-state index in [-0.39, 0.29) is 4.75 Å². The molecular weight excluding hydrogens is 318 g/mol. The highest BCUT2D eigenvalue weighted by Gasteiger charge is 2.55. The first-order valence-electron chi connectivity index (χ1n) is 7.02. The van der Waals surface area contributed by atoms with E-state index in [2.05, 4.69) is 34.1 Å². The molecular formula is C16H18BrNS. The molecule has 1 aromatic carbocycles. The molecule has 2 fully saturated rings. The van der Waals surface area contributed by atoms with Crippen LogP contribution in [0, 0.1) is 16.7 Å². The Bertz CT molecular complexity index is 506. The van der Waals surface area contributed by atoms with Gasteiger partial charge in [-0.3, -0.25) is 0 Å². The van der Waals surface area contributed by atoms with Crippen LogP contribution in [0.4, 0.5) is 0 Å². The number of nitriles is 1. The Labute approximate surface area is 127 Å². The van der Waals surface area contributed by atoms with E-state index in [4.69, 9.17) is 0 Å². The van der Waals surface area contributed by atoms with Gasteiger partial charge in [-0.1, -0.05) is 31.4 Å². The normalized spacial score (nSPS) is 23.6. The lowest BCUT2D eigenvalue weighted by Gasteiger charge is -2.54. The van der Waals surface area contributed by atoms with E-state index in [1.807, 2.05) is 12.1 Å². The third-order valence-electron chi connectivity index (χ3n) is 4.58. The van der Waals surface area contributed by atoms with Crippen molar-refractivity contribution in [1.29, 1.82) is 5.26 Å². The number of hydrogen-bond acceptors (Lipinski definition) is 2. The van der Waals surface area contributed by atoms with E-state index >= 15 is 0 Å². The maximum Gasteiger partial charge on any atom is 0.108 e. The van der Waals surface area contributed by atoms with Crippen molar-refractivity contribution >= 4 is 27.7 Å². The summed E-state index contributed by atoms with van der Waals surface area (Å²) in [7, 11) is 0. The van der Waals surface area contributed by atoms with Crippen molar-refractivity contribution in [3.05, 3.63) is 28.7 Å². The number of hydrogen-bond donors (Lipinski definition) is 0. The van der Waals surface area contributed by atoms with Gasteiger partial charge >= 0.3 is 0 Å². The number of thioether (sulfide) groups is 1. The fourth-order valence-electron chi connectivity index (χ4n) is 3.73. The molecule has 0 amide bonds. The number of rotatable bonds is 2. The van der Waals surface area contributed by atoms with E-state index in [1.54, 1.807) is 11.8 Å². The van der Waals surface area contributed by atoms with Crippen LogP contribution in [-0.2, 0) is 0 Å². The van der Waals surface area contributed by atoms with Crippen molar-refractivity contribution in [1.82, 2.24) is 0 Å². The van der Waals surface area contributed by atoms with Crippen LogP contribution >= 0.6 is 27.7 Å². The molecule has 0 bridgehead atoms. The molecule has 3 rings (SSSR count). The number of benzene rings is 1. The molecule has 0 atom stereocenters. The van der Waals surface area contributed by atoms with Gasteiger partial charge in [0.05, 0.1) is 6.07 Å². The lowest BCUT2D eigenvalue weighted by atomic mass is 9.56. The summed E-state index contributed by atoms with van der Waals surface area (Å²) in [5.41, 5.74) is 0.502. The maximum absolute atomic E-state index is 9.62. The van der Waals surface area contributed by atoms with Crippen LogP contribution in [0.15, 0.2) is 33.6 Å². The second-order valence-electron chi connectivity index (χ2n) is 6.05. The molecule has 0 radical (unpaired) electrons. The summed E-state index contributed by atoms with van der Waals surface area (Å²) in [4.78, 5) is 1.20. The first kappa shape index (κ1) is 13.5. The van der Waals surface area contributed by atoms with Gasteiger partial charge in [0.15, 0.2) is 0 Å². The predicted octanol–water partition coefficient (Wildman–Crippen LogP) is 5.55. The van der Waals surface area contributed by atoms with Gasteiger partial charge in [-0.25, -0.2) is 0 Å². The molecule has 0 aromatic heterocycles. The van der Waals surface area contributed by atoms with E-state index in [0.717, 1.165) is 17.3 Å². The van der Waals surface area contributed by atoms with E-state index in [1.165, 1.54) is 37.0 Å². The highest BCUT2D eigenvalue weighted by Crippen LogP contribution is 2.63. The van der Waals surface area contributed by atoms with Crippen LogP contribution in [-0.4, -0.2) is 4.75 Å². The highest BCUT2D eigenvalue weighted by molar-refractivity contribution is 9.10. The van der Waals surface area contributed by atoms with E-state index in [0.29, 0.717) is 5.41 Å². The van der Waals surface area contributed by atoms with Crippen LogP contribution in [0.1, 0.15) is 44.9 Å². The van der Waals surface area contributed by atoms with Crippen molar-refractivity contribution in [3.63, 3.8) is 0 Å². The van der Waals surface area contributed by atoms with E-state index in [9.17, 15) is 5.26 Å². The lowest BCUT2D eigenvalue weighted by Crippen LogP contribution is -2.49.